The minimum absolute atomic E-state index is 0.208. The van der Waals surface area contributed by atoms with Crippen molar-refractivity contribution >= 4 is 29.1 Å². The Morgan fingerprint density at radius 2 is 1.91 bits per heavy atom. The van der Waals surface area contributed by atoms with E-state index in [0.717, 1.165) is 54.0 Å². The zero-order valence-corrected chi connectivity index (χ0v) is 19.5. The smallest absolute Gasteiger partial charge is 0.227 e. The molecule has 4 aliphatic rings. The second kappa shape index (κ2) is 7.93. The lowest BCUT2D eigenvalue weighted by molar-refractivity contribution is 0.452. The summed E-state index contributed by atoms with van der Waals surface area (Å²) < 4.78 is 13.5. The predicted molar refractivity (Wildman–Crippen MR) is 131 cm³/mol. The van der Waals surface area contributed by atoms with Gasteiger partial charge in [0.25, 0.3) is 0 Å². The molecule has 9 heteroatoms. The van der Waals surface area contributed by atoms with E-state index in [1.165, 1.54) is 17.7 Å². The molecular formula is C25H27FN8. The molecule has 2 bridgehead atoms. The standard InChI is InChI=1S/C25H27FN8/c1-14-10-34(19-6-4-18(26)5-7-19)24-21(14)23(27-3)31-25(32-24)30-22-16-9-17(22)12-33(11-16)20-8-15(2)28-13-29-20/h4-9,13-14,16,22H,10-12H2,1-3H3,(H2,27,30,31,32)/t14-,16?,22?/m1/s1. The summed E-state index contributed by atoms with van der Waals surface area (Å²) in [6.07, 6.45) is 3.96. The summed E-state index contributed by atoms with van der Waals surface area (Å²) in [4.78, 5) is 22.8. The topological polar surface area (TPSA) is 82.1 Å². The molecule has 2 unspecified atom stereocenters. The van der Waals surface area contributed by atoms with Gasteiger partial charge in [0.15, 0.2) is 0 Å². The van der Waals surface area contributed by atoms with Crippen LogP contribution < -0.4 is 20.4 Å². The number of fused-ring (bicyclic) bond motifs is 3. The Hall–Kier alpha value is -3.75. The van der Waals surface area contributed by atoms with Gasteiger partial charge in [0, 0.05) is 61.5 Å². The summed E-state index contributed by atoms with van der Waals surface area (Å²) in [5.74, 6) is 3.66. The predicted octanol–water partition coefficient (Wildman–Crippen LogP) is 3.87. The van der Waals surface area contributed by atoms with Gasteiger partial charge in [-0.25, -0.2) is 14.4 Å². The molecule has 1 saturated heterocycles. The number of rotatable bonds is 5. The molecule has 0 spiro atoms. The zero-order chi connectivity index (χ0) is 23.4. The Kier molecular flexibility index (Phi) is 4.86. The van der Waals surface area contributed by atoms with Gasteiger partial charge >= 0.3 is 0 Å². The minimum atomic E-state index is -0.242. The molecule has 2 aromatic heterocycles. The molecule has 0 amide bonds. The first-order valence-corrected chi connectivity index (χ1v) is 11.6. The molecule has 2 N–H and O–H groups in total. The van der Waals surface area contributed by atoms with Gasteiger partial charge in [0.2, 0.25) is 5.95 Å². The van der Waals surface area contributed by atoms with Gasteiger partial charge in [-0.1, -0.05) is 13.0 Å². The van der Waals surface area contributed by atoms with Crippen LogP contribution >= 0.6 is 0 Å². The molecule has 8 nitrogen and oxygen atoms in total. The van der Waals surface area contributed by atoms with Crippen LogP contribution in [0.15, 0.2) is 48.3 Å². The van der Waals surface area contributed by atoms with Crippen molar-refractivity contribution in [3.05, 3.63) is 65.4 Å². The van der Waals surface area contributed by atoms with E-state index in [1.807, 2.05) is 20.0 Å². The summed E-state index contributed by atoms with van der Waals surface area (Å²) in [6, 6.07) is 8.82. The van der Waals surface area contributed by atoms with E-state index in [4.69, 9.17) is 9.97 Å². The highest BCUT2D eigenvalue weighted by atomic mass is 19.1. The van der Waals surface area contributed by atoms with Crippen molar-refractivity contribution in [1.29, 1.82) is 0 Å². The molecule has 3 aliphatic heterocycles. The van der Waals surface area contributed by atoms with Gasteiger partial charge in [-0.15, -0.1) is 0 Å². The fourth-order valence-electron chi connectivity index (χ4n) is 5.28. The van der Waals surface area contributed by atoms with Crippen LogP contribution in [-0.2, 0) is 0 Å². The van der Waals surface area contributed by atoms with Crippen LogP contribution in [0.1, 0.15) is 24.1 Å². The number of nitrogens with one attached hydrogen (secondary N) is 2. The summed E-state index contributed by atoms with van der Waals surface area (Å²) in [7, 11) is 1.89. The number of halogens is 1. The van der Waals surface area contributed by atoms with Crippen LogP contribution in [0, 0.1) is 18.7 Å². The summed E-state index contributed by atoms with van der Waals surface area (Å²) in [5.41, 5.74) is 4.32. The van der Waals surface area contributed by atoms with Crippen LogP contribution in [0.25, 0.3) is 0 Å². The summed E-state index contributed by atoms with van der Waals surface area (Å²) >= 11 is 0. The highest BCUT2D eigenvalue weighted by Crippen LogP contribution is 2.44. The largest absolute Gasteiger partial charge is 0.373 e. The molecule has 0 radical (unpaired) electrons. The van der Waals surface area contributed by atoms with E-state index in [0.29, 0.717) is 11.9 Å². The Bertz CT molecular complexity index is 1270. The van der Waals surface area contributed by atoms with Crippen LogP contribution in [0.4, 0.5) is 33.5 Å². The van der Waals surface area contributed by atoms with Gasteiger partial charge in [0.05, 0.1) is 6.04 Å². The Morgan fingerprint density at radius 3 is 2.62 bits per heavy atom. The first-order valence-electron chi connectivity index (χ1n) is 11.6. The fourth-order valence-corrected chi connectivity index (χ4v) is 5.28. The lowest BCUT2D eigenvalue weighted by Gasteiger charge is -2.47. The van der Waals surface area contributed by atoms with E-state index >= 15 is 0 Å². The second-order valence-electron chi connectivity index (χ2n) is 9.30. The average molecular weight is 459 g/mol. The minimum Gasteiger partial charge on any atom is -0.373 e. The van der Waals surface area contributed by atoms with E-state index in [-0.39, 0.29) is 17.8 Å². The third-order valence-corrected chi connectivity index (χ3v) is 6.96. The molecule has 174 valence electrons. The number of nitrogens with zero attached hydrogens (tertiary/aromatic N) is 6. The van der Waals surface area contributed by atoms with Crippen molar-refractivity contribution < 1.29 is 4.39 Å². The molecule has 3 atom stereocenters. The average Bonchev–Trinajstić information content (AvgIpc) is 3.19. The van der Waals surface area contributed by atoms with E-state index in [1.54, 1.807) is 18.5 Å². The van der Waals surface area contributed by atoms with Crippen molar-refractivity contribution in [2.45, 2.75) is 25.8 Å². The highest BCUT2D eigenvalue weighted by molar-refractivity contribution is 5.74. The van der Waals surface area contributed by atoms with Crippen molar-refractivity contribution in [3.63, 3.8) is 0 Å². The number of aryl methyl sites for hydroxylation is 1. The molecule has 1 aliphatic carbocycles. The lowest BCUT2D eigenvalue weighted by Crippen LogP contribution is -2.54. The van der Waals surface area contributed by atoms with Gasteiger partial charge in [0.1, 0.15) is 29.6 Å². The van der Waals surface area contributed by atoms with Crippen LogP contribution in [0.5, 0.6) is 0 Å². The van der Waals surface area contributed by atoms with E-state index in [9.17, 15) is 4.39 Å². The Morgan fingerprint density at radius 1 is 1.09 bits per heavy atom. The van der Waals surface area contributed by atoms with Gasteiger partial charge in [-0.2, -0.15) is 9.97 Å². The SMILES string of the molecule is CNc1nc(NC2C3=CC2CN(c2cc(C)ncn2)C3)nc2c1[C@H](C)CN2c1ccc(F)cc1. The molecule has 1 fully saturated rings. The molecule has 34 heavy (non-hydrogen) atoms. The number of hydrogen-bond donors (Lipinski definition) is 2. The van der Waals surface area contributed by atoms with Crippen LogP contribution in [0.3, 0.4) is 0 Å². The summed E-state index contributed by atoms with van der Waals surface area (Å²) in [5, 5.41) is 6.85. The quantitative estimate of drug-likeness (QED) is 0.558. The van der Waals surface area contributed by atoms with Gasteiger partial charge in [-0.3, -0.25) is 0 Å². The molecule has 0 saturated carbocycles. The first-order chi connectivity index (χ1) is 16.5. The third kappa shape index (κ3) is 3.43. The van der Waals surface area contributed by atoms with Crippen LogP contribution in [-0.4, -0.2) is 52.7 Å². The van der Waals surface area contributed by atoms with Crippen molar-refractivity contribution in [2.75, 3.05) is 47.1 Å². The number of hydrogen-bond acceptors (Lipinski definition) is 8. The van der Waals surface area contributed by atoms with Crippen molar-refractivity contribution in [2.24, 2.45) is 5.92 Å². The molecule has 5 heterocycles. The molecular weight excluding hydrogens is 431 g/mol. The maximum absolute atomic E-state index is 13.5. The third-order valence-electron chi connectivity index (χ3n) is 6.96. The number of benzene rings is 1. The number of anilines is 5. The number of piperidine rings is 1. The van der Waals surface area contributed by atoms with Crippen molar-refractivity contribution in [1.82, 2.24) is 19.9 Å². The monoisotopic (exact) mass is 458 g/mol. The fraction of sp³-hybridized carbons (Fsp3) is 0.360. The van der Waals surface area contributed by atoms with Gasteiger partial charge in [-0.05, 0) is 36.8 Å². The normalized spacial score (nSPS) is 22.7. The van der Waals surface area contributed by atoms with E-state index in [2.05, 4.69) is 43.4 Å². The zero-order valence-electron chi connectivity index (χ0n) is 19.5. The second-order valence-corrected chi connectivity index (χ2v) is 9.30. The Balaban J connectivity index is 1.25. The molecule has 1 aromatic carbocycles. The lowest BCUT2D eigenvalue weighted by atomic mass is 9.76. The maximum atomic E-state index is 13.5. The maximum Gasteiger partial charge on any atom is 0.227 e. The summed E-state index contributed by atoms with van der Waals surface area (Å²) in [6.45, 7) is 6.65. The van der Waals surface area contributed by atoms with Crippen molar-refractivity contribution in [3.8, 4) is 0 Å². The van der Waals surface area contributed by atoms with E-state index < -0.39 is 0 Å². The molecule has 3 aromatic rings. The highest BCUT2D eigenvalue weighted by Gasteiger charge is 2.41. The Labute approximate surface area is 198 Å². The number of aromatic nitrogens is 4. The molecule has 7 rings (SSSR count). The first kappa shape index (κ1) is 20.8. The van der Waals surface area contributed by atoms with Gasteiger partial charge < -0.3 is 20.4 Å². The van der Waals surface area contributed by atoms with Crippen LogP contribution in [0.2, 0.25) is 0 Å².